The van der Waals surface area contributed by atoms with Crippen molar-refractivity contribution in [2.24, 2.45) is 0 Å². The van der Waals surface area contributed by atoms with Crippen molar-refractivity contribution in [1.82, 2.24) is 0 Å². The molecule has 1 saturated carbocycles. The van der Waals surface area contributed by atoms with Gasteiger partial charge in [0.25, 0.3) is 0 Å². The standard InChI is InChI=1S/C6H12O9S/c7-1-2(8)4(10)6(5(11)3(1)9)15-16(12,13)14/h1-11H,(H,12,13,14)/t1-,2-,3+,4+,5-,6-. The molecule has 0 radical (unpaired) electrons. The highest BCUT2D eigenvalue weighted by Gasteiger charge is 2.50. The third-order valence-corrected chi connectivity index (χ3v) is 2.77. The van der Waals surface area contributed by atoms with E-state index in [-0.39, 0.29) is 0 Å². The van der Waals surface area contributed by atoms with E-state index < -0.39 is 47.0 Å². The molecular formula is C6H12O9S. The van der Waals surface area contributed by atoms with Crippen LogP contribution in [0.2, 0.25) is 0 Å². The first kappa shape index (κ1) is 13.7. The summed E-state index contributed by atoms with van der Waals surface area (Å²) in [5, 5.41) is 46.0. The Bertz CT molecular complexity index is 324. The van der Waals surface area contributed by atoms with Crippen LogP contribution in [-0.4, -0.2) is 75.1 Å². The molecular weight excluding hydrogens is 248 g/mol. The smallest absolute Gasteiger partial charge is 0.387 e. The van der Waals surface area contributed by atoms with Crippen molar-refractivity contribution in [3.05, 3.63) is 0 Å². The monoisotopic (exact) mass is 260 g/mol. The maximum atomic E-state index is 10.4. The molecule has 0 saturated heterocycles. The molecule has 0 bridgehead atoms. The summed E-state index contributed by atoms with van der Waals surface area (Å²) in [6, 6.07) is 0. The number of hydrogen-bond acceptors (Lipinski definition) is 8. The zero-order chi connectivity index (χ0) is 12.7. The van der Waals surface area contributed by atoms with Gasteiger partial charge in [-0.2, -0.15) is 8.42 Å². The van der Waals surface area contributed by atoms with Crippen molar-refractivity contribution >= 4 is 10.4 Å². The predicted octanol–water partition coefficient (Wildman–Crippen LogP) is -4.01. The van der Waals surface area contributed by atoms with E-state index in [2.05, 4.69) is 4.18 Å². The van der Waals surface area contributed by atoms with Gasteiger partial charge in [-0.15, -0.1) is 0 Å². The van der Waals surface area contributed by atoms with Gasteiger partial charge >= 0.3 is 10.4 Å². The first-order valence-corrected chi connectivity index (χ1v) is 5.57. The number of hydrogen-bond donors (Lipinski definition) is 6. The molecule has 6 N–H and O–H groups in total. The summed E-state index contributed by atoms with van der Waals surface area (Å²) in [6.07, 6.45) is -11.6. The molecule has 0 heterocycles. The fourth-order valence-corrected chi connectivity index (χ4v) is 1.96. The van der Waals surface area contributed by atoms with E-state index in [1.54, 1.807) is 0 Å². The van der Waals surface area contributed by atoms with E-state index in [1.165, 1.54) is 0 Å². The van der Waals surface area contributed by atoms with Crippen molar-refractivity contribution in [3.63, 3.8) is 0 Å². The van der Waals surface area contributed by atoms with Gasteiger partial charge in [0.05, 0.1) is 0 Å². The molecule has 96 valence electrons. The van der Waals surface area contributed by atoms with Crippen LogP contribution in [-0.2, 0) is 14.6 Å². The third-order valence-electron chi connectivity index (χ3n) is 2.31. The van der Waals surface area contributed by atoms with E-state index in [1.807, 2.05) is 0 Å². The predicted molar refractivity (Wildman–Crippen MR) is 46.5 cm³/mol. The molecule has 0 aromatic carbocycles. The maximum Gasteiger partial charge on any atom is 0.397 e. The van der Waals surface area contributed by atoms with E-state index in [9.17, 15) is 28.8 Å². The van der Waals surface area contributed by atoms with Gasteiger partial charge < -0.3 is 25.5 Å². The van der Waals surface area contributed by atoms with Gasteiger partial charge in [0.15, 0.2) is 0 Å². The number of rotatable bonds is 2. The zero-order valence-electron chi connectivity index (χ0n) is 7.78. The van der Waals surface area contributed by atoms with Crippen LogP contribution >= 0.6 is 0 Å². The average molecular weight is 260 g/mol. The molecule has 1 aliphatic carbocycles. The molecule has 0 amide bonds. The summed E-state index contributed by atoms with van der Waals surface area (Å²) in [6.45, 7) is 0. The molecule has 16 heavy (non-hydrogen) atoms. The molecule has 0 unspecified atom stereocenters. The molecule has 0 aromatic heterocycles. The summed E-state index contributed by atoms with van der Waals surface area (Å²) >= 11 is 0. The first-order valence-electron chi connectivity index (χ1n) is 4.21. The Hall–Kier alpha value is -0.330. The minimum atomic E-state index is -4.98. The molecule has 0 aliphatic heterocycles. The van der Waals surface area contributed by atoms with Crippen LogP contribution in [0, 0.1) is 0 Å². The lowest BCUT2D eigenvalue weighted by Crippen LogP contribution is -2.64. The Morgan fingerprint density at radius 3 is 1.38 bits per heavy atom. The van der Waals surface area contributed by atoms with Gasteiger partial charge in [-0.3, -0.25) is 4.55 Å². The molecule has 1 fully saturated rings. The zero-order valence-corrected chi connectivity index (χ0v) is 8.60. The van der Waals surface area contributed by atoms with Gasteiger partial charge in [0, 0.05) is 0 Å². The van der Waals surface area contributed by atoms with Crippen LogP contribution in [0.3, 0.4) is 0 Å². The Kier molecular flexibility index (Phi) is 3.87. The highest BCUT2D eigenvalue weighted by molar-refractivity contribution is 7.80. The normalized spacial score (nSPS) is 45.6. The van der Waals surface area contributed by atoms with Crippen LogP contribution in [0.25, 0.3) is 0 Å². The highest BCUT2D eigenvalue weighted by atomic mass is 32.3. The van der Waals surface area contributed by atoms with Crippen LogP contribution in [0.4, 0.5) is 0 Å². The fraction of sp³-hybridized carbons (Fsp3) is 1.00. The molecule has 0 aromatic rings. The third kappa shape index (κ3) is 2.67. The highest BCUT2D eigenvalue weighted by Crippen LogP contribution is 2.24. The Labute approximate surface area is 90.5 Å². The molecule has 1 rings (SSSR count). The second kappa shape index (κ2) is 4.50. The molecule has 6 atom stereocenters. The van der Waals surface area contributed by atoms with Crippen LogP contribution in [0.15, 0.2) is 0 Å². The lowest BCUT2D eigenvalue weighted by atomic mass is 9.85. The summed E-state index contributed by atoms with van der Waals surface area (Å²) in [4.78, 5) is 0. The number of aliphatic hydroxyl groups excluding tert-OH is 5. The van der Waals surface area contributed by atoms with Crippen molar-refractivity contribution in [1.29, 1.82) is 0 Å². The maximum absolute atomic E-state index is 10.4. The summed E-state index contributed by atoms with van der Waals surface area (Å²) < 4.78 is 33.0. The van der Waals surface area contributed by atoms with Gasteiger partial charge in [-0.25, -0.2) is 4.18 Å². The van der Waals surface area contributed by atoms with Crippen molar-refractivity contribution in [2.45, 2.75) is 36.6 Å². The van der Waals surface area contributed by atoms with E-state index in [4.69, 9.17) is 9.66 Å². The van der Waals surface area contributed by atoms with Gasteiger partial charge in [-0.1, -0.05) is 0 Å². The van der Waals surface area contributed by atoms with Gasteiger partial charge in [0.2, 0.25) is 0 Å². The minimum absolute atomic E-state index is 1.86. The van der Waals surface area contributed by atoms with Crippen LogP contribution in [0.1, 0.15) is 0 Å². The lowest BCUT2D eigenvalue weighted by Gasteiger charge is -2.40. The second-order valence-corrected chi connectivity index (χ2v) is 4.49. The largest absolute Gasteiger partial charge is 0.397 e. The van der Waals surface area contributed by atoms with Gasteiger partial charge in [-0.05, 0) is 0 Å². The Balaban J connectivity index is 2.91. The van der Waals surface area contributed by atoms with Crippen molar-refractivity contribution < 1.29 is 42.7 Å². The fourth-order valence-electron chi connectivity index (χ4n) is 1.45. The summed E-state index contributed by atoms with van der Waals surface area (Å²) in [5.41, 5.74) is 0. The molecule has 10 heteroatoms. The van der Waals surface area contributed by atoms with Crippen LogP contribution < -0.4 is 0 Å². The topological polar surface area (TPSA) is 165 Å². The summed E-state index contributed by atoms with van der Waals surface area (Å²) in [5.74, 6) is 0. The van der Waals surface area contributed by atoms with E-state index in [0.29, 0.717) is 0 Å². The van der Waals surface area contributed by atoms with Gasteiger partial charge in [0.1, 0.15) is 36.6 Å². The second-order valence-electron chi connectivity index (χ2n) is 3.44. The summed E-state index contributed by atoms with van der Waals surface area (Å²) in [7, 11) is -4.98. The van der Waals surface area contributed by atoms with Crippen molar-refractivity contribution in [2.75, 3.05) is 0 Å². The van der Waals surface area contributed by atoms with Crippen molar-refractivity contribution in [3.8, 4) is 0 Å². The average Bonchev–Trinajstić information content (AvgIpc) is 2.17. The van der Waals surface area contributed by atoms with E-state index in [0.717, 1.165) is 0 Å². The molecule has 1 aliphatic rings. The quantitative estimate of drug-likeness (QED) is 0.271. The molecule has 9 nitrogen and oxygen atoms in total. The van der Waals surface area contributed by atoms with E-state index >= 15 is 0 Å². The first-order chi connectivity index (χ1) is 7.15. The number of aliphatic hydroxyl groups is 5. The van der Waals surface area contributed by atoms with Crippen LogP contribution in [0.5, 0.6) is 0 Å². The lowest BCUT2D eigenvalue weighted by molar-refractivity contribution is -0.217. The molecule has 0 spiro atoms. The SMILES string of the molecule is O=S(=O)(O)O[C@H]1[C@H](O)[C@@H](O)[C@H](O)[C@@H](O)[C@@H]1O. The Morgan fingerprint density at radius 2 is 1.06 bits per heavy atom. The minimum Gasteiger partial charge on any atom is -0.387 e. The Morgan fingerprint density at radius 1 is 0.750 bits per heavy atom.